The van der Waals surface area contributed by atoms with E-state index >= 15 is 0 Å². The standard InChI is InChI=1S/C45H72F3N3O13/c1-14-32-44(10,57)37(53)25(4)34(50-49-22-29-16-15-17-30(19-29)64-45(46,47)48)23(2)20-42(8,56)39(63-41-35(52)31(51(11)12)18-24(3)59-41)26(5)36(27(6)40(55)61-32)62-33-21-43(9,58-13)38(54)28(7)60-33/h15-17,19,22-28,31-33,35-39,41,52-54,56-57H,14,18,20-21H2,1-13H3/b49-22+,50-34+/t23-,24-,25+,26+,27-,28+,31+,32-,33?,35-,36+,37-,38+,39-,41+,42-,43-,44-/m1/s1. The fourth-order valence-corrected chi connectivity index (χ4v) is 9.56. The number of carbonyl (C=O) groups is 1. The van der Waals surface area contributed by atoms with Crippen molar-refractivity contribution < 1.29 is 76.7 Å². The van der Waals surface area contributed by atoms with Gasteiger partial charge in [-0.15, -0.1) is 13.2 Å². The second kappa shape index (κ2) is 21.4. The molecule has 3 heterocycles. The summed E-state index contributed by atoms with van der Waals surface area (Å²) in [7, 11) is 5.11. The van der Waals surface area contributed by atoms with E-state index in [1.54, 1.807) is 48.5 Å². The molecule has 1 aromatic rings. The van der Waals surface area contributed by atoms with Crippen molar-refractivity contribution in [1.29, 1.82) is 0 Å². The maximum Gasteiger partial charge on any atom is 0.573 e. The number of methoxy groups -OCH3 is 1. The molecule has 3 aliphatic rings. The van der Waals surface area contributed by atoms with E-state index < -0.39 is 114 Å². The second-order valence-corrected chi connectivity index (χ2v) is 19.0. The minimum atomic E-state index is -4.92. The summed E-state index contributed by atoms with van der Waals surface area (Å²) in [5, 5.41) is 68.2. The predicted molar refractivity (Wildman–Crippen MR) is 229 cm³/mol. The lowest BCUT2D eigenvalue weighted by Gasteiger charge is -2.49. The van der Waals surface area contributed by atoms with Crippen molar-refractivity contribution >= 4 is 17.9 Å². The third-order valence-electron chi connectivity index (χ3n) is 13.3. The molecule has 19 heteroatoms. The molecular formula is C45H72F3N3O13. The first-order chi connectivity index (χ1) is 29.6. The van der Waals surface area contributed by atoms with Crippen molar-refractivity contribution in [2.75, 3.05) is 21.2 Å². The summed E-state index contributed by atoms with van der Waals surface area (Å²) in [6, 6.07) is 4.70. The van der Waals surface area contributed by atoms with E-state index in [9.17, 15) is 43.5 Å². The normalized spacial score (nSPS) is 43.0. The summed E-state index contributed by atoms with van der Waals surface area (Å²) in [6.07, 6.45) is -14.3. The lowest BCUT2D eigenvalue weighted by atomic mass is 9.73. The fourth-order valence-electron chi connectivity index (χ4n) is 9.56. The number of likely N-dealkylation sites (N-methyl/N-ethyl adjacent to an activating group) is 1. The molecule has 0 aromatic heterocycles. The van der Waals surface area contributed by atoms with Crippen LogP contribution >= 0.6 is 0 Å². The van der Waals surface area contributed by atoms with Gasteiger partial charge < -0.3 is 63.6 Å². The van der Waals surface area contributed by atoms with Crippen LogP contribution in [0.15, 0.2) is 34.5 Å². The Bertz CT molecular complexity index is 1750. The molecule has 64 heavy (non-hydrogen) atoms. The molecule has 3 saturated heterocycles. The van der Waals surface area contributed by atoms with Crippen LogP contribution in [0.1, 0.15) is 100 Å². The number of hydrogen-bond donors (Lipinski definition) is 5. The van der Waals surface area contributed by atoms with Gasteiger partial charge in [-0.2, -0.15) is 10.2 Å². The first kappa shape index (κ1) is 53.8. The smallest absolute Gasteiger partial charge is 0.459 e. The lowest BCUT2D eigenvalue weighted by Crippen LogP contribution is -2.61. The highest BCUT2D eigenvalue weighted by molar-refractivity contribution is 5.90. The van der Waals surface area contributed by atoms with Crippen LogP contribution in [0, 0.1) is 23.7 Å². The summed E-state index contributed by atoms with van der Waals surface area (Å²) < 4.78 is 80.6. The number of hydrogen-bond acceptors (Lipinski definition) is 16. The number of alkyl halides is 3. The van der Waals surface area contributed by atoms with Gasteiger partial charge in [-0.3, -0.25) is 4.79 Å². The van der Waals surface area contributed by atoms with Gasteiger partial charge in [0, 0.05) is 37.1 Å². The number of nitrogens with zero attached hydrogens (tertiary/aromatic N) is 3. The van der Waals surface area contributed by atoms with Crippen LogP contribution in [0.5, 0.6) is 5.75 Å². The SMILES string of the molecule is CC[C@H]1OC(=O)[C@H](C)[C@@H](OC2C[C@@](C)(OC)[C@@H](O)[C@H](C)O2)[C@H](C)[C@@H](O[C@@H]2O[C@H](C)C[C@H](N(C)C)[C@H]2O)[C@](C)(O)C[C@@H](C)/C(=N\N=C\c2cccc(OC(F)(F)F)c2)[C@H](C)[C@@H](O)[C@]1(C)O. The molecule has 1 unspecified atom stereocenters. The van der Waals surface area contributed by atoms with Gasteiger partial charge in [0.05, 0.1) is 53.9 Å². The highest BCUT2D eigenvalue weighted by Crippen LogP contribution is 2.41. The van der Waals surface area contributed by atoms with Crippen molar-refractivity contribution in [3.05, 3.63) is 29.8 Å². The Hall–Kier alpha value is -2.82. The maximum absolute atomic E-state index is 14.4. The first-order valence-corrected chi connectivity index (χ1v) is 22.1. The predicted octanol–water partition coefficient (Wildman–Crippen LogP) is 4.59. The van der Waals surface area contributed by atoms with Gasteiger partial charge in [0.1, 0.15) is 29.7 Å². The van der Waals surface area contributed by atoms with E-state index in [2.05, 4.69) is 14.9 Å². The Morgan fingerprint density at radius 3 is 2.20 bits per heavy atom. The van der Waals surface area contributed by atoms with Crippen molar-refractivity contribution in [3.63, 3.8) is 0 Å². The van der Waals surface area contributed by atoms with E-state index in [-0.39, 0.29) is 42.7 Å². The van der Waals surface area contributed by atoms with Gasteiger partial charge in [-0.05, 0) is 98.5 Å². The van der Waals surface area contributed by atoms with E-state index in [1.807, 2.05) is 25.9 Å². The van der Waals surface area contributed by atoms with E-state index in [0.29, 0.717) is 6.42 Å². The zero-order valence-corrected chi connectivity index (χ0v) is 39.4. The van der Waals surface area contributed by atoms with E-state index in [0.717, 1.165) is 12.1 Å². The Labute approximate surface area is 375 Å². The van der Waals surface area contributed by atoms with Crippen LogP contribution in [0.2, 0.25) is 0 Å². The minimum absolute atomic E-state index is 0.0434. The Morgan fingerprint density at radius 1 is 0.953 bits per heavy atom. The molecule has 0 aliphatic carbocycles. The van der Waals surface area contributed by atoms with Gasteiger partial charge in [0.2, 0.25) is 0 Å². The number of esters is 1. The number of benzene rings is 1. The average Bonchev–Trinajstić information content (AvgIpc) is 3.20. The monoisotopic (exact) mass is 920 g/mol. The molecule has 3 fully saturated rings. The summed E-state index contributed by atoms with van der Waals surface area (Å²) in [4.78, 5) is 16.3. The summed E-state index contributed by atoms with van der Waals surface area (Å²) in [5.74, 6) is -5.11. The van der Waals surface area contributed by atoms with Crippen molar-refractivity contribution in [2.24, 2.45) is 33.9 Å². The lowest BCUT2D eigenvalue weighted by molar-refractivity contribution is -0.317. The van der Waals surface area contributed by atoms with Crippen LogP contribution in [-0.2, 0) is 33.2 Å². The van der Waals surface area contributed by atoms with Crippen LogP contribution in [0.3, 0.4) is 0 Å². The van der Waals surface area contributed by atoms with Crippen LogP contribution in [-0.4, -0.2) is 160 Å². The van der Waals surface area contributed by atoms with Crippen molar-refractivity contribution in [1.82, 2.24) is 4.90 Å². The zero-order chi connectivity index (χ0) is 48.3. The molecule has 0 saturated carbocycles. The molecule has 18 atom stereocenters. The van der Waals surface area contributed by atoms with Crippen LogP contribution < -0.4 is 4.74 Å². The number of aliphatic hydroxyl groups excluding tert-OH is 3. The van der Waals surface area contributed by atoms with Crippen molar-refractivity contribution in [3.8, 4) is 5.75 Å². The second-order valence-electron chi connectivity index (χ2n) is 19.0. The molecule has 0 bridgehead atoms. The molecule has 366 valence electrons. The Balaban J connectivity index is 1.89. The zero-order valence-electron chi connectivity index (χ0n) is 39.4. The summed E-state index contributed by atoms with van der Waals surface area (Å²) in [6.45, 7) is 16.4. The molecule has 16 nitrogen and oxygen atoms in total. The molecular weight excluding hydrogens is 847 g/mol. The molecule has 0 amide bonds. The molecule has 4 rings (SSSR count). The number of carbonyl (C=O) groups excluding carboxylic acids is 1. The van der Waals surface area contributed by atoms with Gasteiger partial charge in [0.15, 0.2) is 12.6 Å². The quantitative estimate of drug-likeness (QED) is 0.124. The number of aliphatic hydroxyl groups is 5. The van der Waals surface area contributed by atoms with E-state index in [1.165, 1.54) is 39.3 Å². The molecule has 0 spiro atoms. The summed E-state index contributed by atoms with van der Waals surface area (Å²) >= 11 is 0. The Morgan fingerprint density at radius 2 is 1.61 bits per heavy atom. The largest absolute Gasteiger partial charge is 0.573 e. The first-order valence-electron chi connectivity index (χ1n) is 22.1. The third-order valence-corrected chi connectivity index (χ3v) is 13.3. The molecule has 3 aliphatic heterocycles. The third kappa shape index (κ3) is 12.8. The number of ether oxygens (including phenoxy) is 7. The summed E-state index contributed by atoms with van der Waals surface area (Å²) in [5.41, 5.74) is -4.68. The van der Waals surface area contributed by atoms with Gasteiger partial charge in [0.25, 0.3) is 0 Å². The highest BCUT2D eigenvalue weighted by atomic mass is 19.4. The maximum atomic E-state index is 14.4. The van der Waals surface area contributed by atoms with Crippen LogP contribution in [0.4, 0.5) is 13.2 Å². The number of cyclic esters (lactones) is 1. The van der Waals surface area contributed by atoms with Crippen LogP contribution in [0.25, 0.3) is 0 Å². The van der Waals surface area contributed by atoms with Gasteiger partial charge in [-0.1, -0.05) is 39.8 Å². The molecule has 5 N–H and O–H groups in total. The molecule has 1 aromatic carbocycles. The number of rotatable bonds is 10. The van der Waals surface area contributed by atoms with Gasteiger partial charge >= 0.3 is 12.3 Å². The highest BCUT2D eigenvalue weighted by Gasteiger charge is 2.53. The van der Waals surface area contributed by atoms with E-state index in [4.69, 9.17) is 28.4 Å². The average molecular weight is 920 g/mol. The minimum Gasteiger partial charge on any atom is -0.459 e. The topological polar surface area (TPSA) is 211 Å². The Kier molecular flexibility index (Phi) is 18.0. The number of halogens is 3. The molecule has 0 radical (unpaired) electrons. The van der Waals surface area contributed by atoms with Crippen molar-refractivity contribution in [2.45, 2.75) is 186 Å². The fraction of sp³-hybridized carbons (Fsp3) is 0.800. The van der Waals surface area contributed by atoms with Gasteiger partial charge in [-0.25, -0.2) is 0 Å².